The monoisotopic (exact) mass is 254 g/mol. The molecule has 0 spiro atoms. The van der Waals surface area contributed by atoms with Crippen molar-refractivity contribution in [1.29, 1.82) is 0 Å². The van der Waals surface area contributed by atoms with E-state index < -0.39 is 0 Å². The number of nitrogens with two attached hydrogens (primary N) is 1. The van der Waals surface area contributed by atoms with Crippen LogP contribution in [0.25, 0.3) is 0 Å². The fourth-order valence-electron chi connectivity index (χ4n) is 2.22. The number of anilines is 1. The van der Waals surface area contributed by atoms with Crippen LogP contribution < -0.4 is 10.6 Å². The first-order valence-corrected chi connectivity index (χ1v) is 6.32. The normalized spacial score (nSPS) is 14.3. The Morgan fingerprint density at radius 3 is 2.56 bits per heavy atom. The van der Waals surface area contributed by atoms with Gasteiger partial charge in [-0.25, -0.2) is 4.39 Å². The fourth-order valence-corrected chi connectivity index (χ4v) is 2.22. The topological polar surface area (TPSA) is 38.5 Å². The summed E-state index contributed by atoms with van der Waals surface area (Å²) in [6.45, 7) is 7.16. The number of ether oxygens (including phenoxy) is 1. The SMILES string of the molecule is CCN(c1c(F)cccc1C(C)N)C(C)COC. The molecule has 2 N–H and O–H groups in total. The Kier molecular flexibility index (Phi) is 5.56. The van der Waals surface area contributed by atoms with Crippen LogP contribution in [0.15, 0.2) is 18.2 Å². The summed E-state index contributed by atoms with van der Waals surface area (Å²) in [5.41, 5.74) is 7.36. The molecular formula is C14H23FN2O. The first-order valence-electron chi connectivity index (χ1n) is 6.32. The predicted molar refractivity (Wildman–Crippen MR) is 73.4 cm³/mol. The minimum atomic E-state index is -0.227. The first kappa shape index (κ1) is 14.9. The molecule has 1 aromatic rings. The number of hydrogen-bond acceptors (Lipinski definition) is 3. The third-order valence-electron chi connectivity index (χ3n) is 3.08. The Balaban J connectivity index is 3.19. The maximum atomic E-state index is 14.1. The Labute approximate surface area is 109 Å². The number of nitrogens with zero attached hydrogens (tertiary/aromatic N) is 1. The standard InChI is InChI=1S/C14H23FN2O/c1-5-17(10(2)9-18-4)14-12(11(3)16)7-6-8-13(14)15/h6-8,10-11H,5,9,16H2,1-4H3. The second kappa shape index (κ2) is 6.71. The van der Waals surface area contributed by atoms with Gasteiger partial charge in [0.15, 0.2) is 0 Å². The van der Waals surface area contributed by atoms with Crippen molar-refractivity contribution in [3.05, 3.63) is 29.6 Å². The Morgan fingerprint density at radius 2 is 2.06 bits per heavy atom. The third kappa shape index (κ3) is 3.21. The number of rotatable bonds is 6. The third-order valence-corrected chi connectivity index (χ3v) is 3.08. The van der Waals surface area contributed by atoms with E-state index in [1.165, 1.54) is 6.07 Å². The molecule has 1 aromatic carbocycles. The summed E-state index contributed by atoms with van der Waals surface area (Å²) >= 11 is 0. The summed E-state index contributed by atoms with van der Waals surface area (Å²) in [5.74, 6) is -0.227. The lowest BCUT2D eigenvalue weighted by Crippen LogP contribution is -2.37. The molecule has 3 nitrogen and oxygen atoms in total. The number of likely N-dealkylation sites (N-methyl/N-ethyl adjacent to an activating group) is 1. The molecule has 18 heavy (non-hydrogen) atoms. The van der Waals surface area contributed by atoms with Crippen LogP contribution in [-0.2, 0) is 4.74 Å². The summed E-state index contributed by atoms with van der Waals surface area (Å²) in [6.07, 6.45) is 0. The lowest BCUT2D eigenvalue weighted by atomic mass is 10.0. The fraction of sp³-hybridized carbons (Fsp3) is 0.571. The van der Waals surface area contributed by atoms with Crippen molar-refractivity contribution in [3.63, 3.8) is 0 Å². The van der Waals surface area contributed by atoms with Gasteiger partial charge >= 0.3 is 0 Å². The van der Waals surface area contributed by atoms with Crippen molar-refractivity contribution in [2.75, 3.05) is 25.2 Å². The predicted octanol–water partition coefficient (Wildman–Crippen LogP) is 2.71. The summed E-state index contributed by atoms with van der Waals surface area (Å²) in [5, 5.41) is 0. The van der Waals surface area contributed by atoms with Crippen molar-refractivity contribution in [3.8, 4) is 0 Å². The van der Waals surface area contributed by atoms with Gasteiger partial charge in [0, 0.05) is 25.7 Å². The van der Waals surface area contributed by atoms with E-state index in [0.29, 0.717) is 18.8 Å². The highest BCUT2D eigenvalue weighted by Gasteiger charge is 2.21. The van der Waals surface area contributed by atoms with Crippen LogP contribution in [0.3, 0.4) is 0 Å². The van der Waals surface area contributed by atoms with Gasteiger partial charge in [0.1, 0.15) is 5.82 Å². The molecular weight excluding hydrogens is 231 g/mol. The summed E-state index contributed by atoms with van der Waals surface area (Å²) < 4.78 is 19.3. The van der Waals surface area contributed by atoms with Gasteiger partial charge in [-0.15, -0.1) is 0 Å². The zero-order chi connectivity index (χ0) is 13.7. The molecule has 2 atom stereocenters. The average molecular weight is 254 g/mol. The molecule has 0 heterocycles. The van der Waals surface area contributed by atoms with E-state index >= 15 is 0 Å². The van der Waals surface area contributed by atoms with E-state index in [2.05, 4.69) is 0 Å². The van der Waals surface area contributed by atoms with Crippen molar-refractivity contribution in [2.24, 2.45) is 5.73 Å². The van der Waals surface area contributed by atoms with Gasteiger partial charge in [-0.3, -0.25) is 0 Å². The number of para-hydroxylation sites is 1. The van der Waals surface area contributed by atoms with Crippen molar-refractivity contribution in [2.45, 2.75) is 32.9 Å². The number of halogens is 1. The minimum absolute atomic E-state index is 0.106. The maximum absolute atomic E-state index is 14.1. The maximum Gasteiger partial charge on any atom is 0.146 e. The van der Waals surface area contributed by atoms with Crippen LogP contribution in [0.1, 0.15) is 32.4 Å². The van der Waals surface area contributed by atoms with Crippen LogP contribution in [0.2, 0.25) is 0 Å². The van der Waals surface area contributed by atoms with Gasteiger partial charge in [-0.2, -0.15) is 0 Å². The van der Waals surface area contributed by atoms with Crippen LogP contribution in [0, 0.1) is 5.82 Å². The number of benzene rings is 1. The molecule has 2 unspecified atom stereocenters. The zero-order valence-corrected chi connectivity index (χ0v) is 11.6. The number of hydrogen-bond donors (Lipinski definition) is 1. The molecule has 0 saturated heterocycles. The van der Waals surface area contributed by atoms with Gasteiger partial charge in [0.25, 0.3) is 0 Å². The van der Waals surface area contributed by atoms with E-state index in [1.807, 2.05) is 31.7 Å². The van der Waals surface area contributed by atoms with Crippen molar-refractivity contribution in [1.82, 2.24) is 0 Å². The van der Waals surface area contributed by atoms with E-state index in [1.54, 1.807) is 13.2 Å². The Morgan fingerprint density at radius 1 is 1.39 bits per heavy atom. The van der Waals surface area contributed by atoms with E-state index in [9.17, 15) is 4.39 Å². The highest BCUT2D eigenvalue weighted by Crippen LogP contribution is 2.29. The summed E-state index contributed by atoms with van der Waals surface area (Å²) in [7, 11) is 1.65. The molecule has 0 aliphatic carbocycles. The second-order valence-corrected chi connectivity index (χ2v) is 4.56. The smallest absolute Gasteiger partial charge is 0.146 e. The summed E-state index contributed by atoms with van der Waals surface area (Å²) in [4.78, 5) is 2.00. The van der Waals surface area contributed by atoms with Gasteiger partial charge < -0.3 is 15.4 Å². The molecule has 0 aliphatic heterocycles. The van der Waals surface area contributed by atoms with Crippen molar-refractivity contribution >= 4 is 5.69 Å². The molecule has 102 valence electrons. The largest absolute Gasteiger partial charge is 0.383 e. The van der Waals surface area contributed by atoms with Gasteiger partial charge in [-0.05, 0) is 32.4 Å². The Bertz CT molecular complexity index is 382. The van der Waals surface area contributed by atoms with Crippen LogP contribution in [0.4, 0.5) is 10.1 Å². The highest BCUT2D eigenvalue weighted by atomic mass is 19.1. The van der Waals surface area contributed by atoms with Crippen LogP contribution >= 0.6 is 0 Å². The second-order valence-electron chi connectivity index (χ2n) is 4.56. The van der Waals surface area contributed by atoms with Crippen molar-refractivity contribution < 1.29 is 9.13 Å². The van der Waals surface area contributed by atoms with Crippen LogP contribution in [-0.4, -0.2) is 26.3 Å². The van der Waals surface area contributed by atoms with E-state index in [0.717, 1.165) is 5.56 Å². The molecule has 1 rings (SSSR count). The van der Waals surface area contributed by atoms with Gasteiger partial charge in [0.05, 0.1) is 12.3 Å². The molecule has 0 radical (unpaired) electrons. The van der Waals surface area contributed by atoms with E-state index in [-0.39, 0.29) is 17.9 Å². The van der Waals surface area contributed by atoms with Gasteiger partial charge in [-0.1, -0.05) is 12.1 Å². The van der Waals surface area contributed by atoms with Gasteiger partial charge in [0.2, 0.25) is 0 Å². The van der Waals surface area contributed by atoms with Crippen LogP contribution in [0.5, 0.6) is 0 Å². The zero-order valence-electron chi connectivity index (χ0n) is 11.6. The molecule has 0 aromatic heterocycles. The number of methoxy groups -OCH3 is 1. The molecule has 0 amide bonds. The molecule has 4 heteroatoms. The quantitative estimate of drug-likeness (QED) is 0.848. The lowest BCUT2D eigenvalue weighted by Gasteiger charge is -2.32. The lowest BCUT2D eigenvalue weighted by molar-refractivity contribution is 0.181. The average Bonchev–Trinajstić information content (AvgIpc) is 2.32. The Hall–Kier alpha value is -1.13. The molecule has 0 bridgehead atoms. The first-order chi connectivity index (χ1) is 8.52. The highest BCUT2D eigenvalue weighted by molar-refractivity contribution is 5.56. The summed E-state index contributed by atoms with van der Waals surface area (Å²) in [6, 6.07) is 4.97. The van der Waals surface area contributed by atoms with E-state index in [4.69, 9.17) is 10.5 Å². The molecule has 0 saturated carbocycles. The molecule has 0 aliphatic rings. The molecule has 0 fully saturated rings. The minimum Gasteiger partial charge on any atom is -0.383 e.